The van der Waals surface area contributed by atoms with Crippen LogP contribution in [0.3, 0.4) is 0 Å². The molecule has 14 heavy (non-hydrogen) atoms. The van der Waals surface area contributed by atoms with E-state index in [1.165, 1.54) is 0 Å². The van der Waals surface area contributed by atoms with Gasteiger partial charge in [-0.15, -0.1) is 0 Å². The number of nitrogens with zero attached hydrogens (tertiary/aromatic N) is 2. The first-order valence-electron chi connectivity index (χ1n) is 5.01. The minimum atomic E-state index is -1.63. The lowest BCUT2D eigenvalue weighted by molar-refractivity contribution is -0.319. The lowest BCUT2D eigenvalue weighted by Gasteiger charge is -2.27. The zero-order valence-corrected chi connectivity index (χ0v) is 10.3. The van der Waals surface area contributed by atoms with E-state index in [1.807, 2.05) is 0 Å². The van der Waals surface area contributed by atoms with Crippen LogP contribution in [0.4, 0.5) is 0 Å². The normalized spacial score (nSPS) is 29.1. The van der Waals surface area contributed by atoms with Gasteiger partial charge in [0.15, 0.2) is 6.10 Å². The first-order chi connectivity index (χ1) is 6.46. The fraction of sp³-hybridized carbons (Fsp3) is 0.889. The molecule has 0 radical (unpaired) electrons. The molecule has 0 N–H and O–H groups in total. The van der Waals surface area contributed by atoms with Crippen molar-refractivity contribution in [1.29, 1.82) is 5.26 Å². The Hall–Kier alpha value is -0.413. The van der Waals surface area contributed by atoms with Gasteiger partial charge in [-0.3, -0.25) is 4.84 Å². The number of hydrogen-bond donors (Lipinski definition) is 0. The van der Waals surface area contributed by atoms with Crippen molar-refractivity contribution in [3.63, 3.8) is 0 Å². The van der Waals surface area contributed by atoms with E-state index in [2.05, 4.69) is 32.6 Å². The number of hydroxylamine groups is 2. The van der Waals surface area contributed by atoms with Crippen LogP contribution in [0.25, 0.3) is 0 Å². The van der Waals surface area contributed by atoms with Crippen LogP contribution in [0.1, 0.15) is 19.8 Å². The first kappa shape index (κ1) is 11.7. The fourth-order valence-electron chi connectivity index (χ4n) is 1.35. The number of rotatable bonds is 3. The minimum Gasteiger partial charge on any atom is -0.321 e. The van der Waals surface area contributed by atoms with Gasteiger partial charge in [-0.1, -0.05) is 12.2 Å². The highest BCUT2D eigenvalue weighted by atomic mass is 28.4. The van der Waals surface area contributed by atoms with E-state index in [4.69, 9.17) is 14.6 Å². The average molecular weight is 214 g/mol. The van der Waals surface area contributed by atoms with Crippen molar-refractivity contribution in [2.24, 2.45) is 0 Å². The number of hydrogen-bond acceptors (Lipinski definition) is 4. The van der Waals surface area contributed by atoms with Gasteiger partial charge in [-0.05, 0) is 26.1 Å². The Morgan fingerprint density at radius 3 is 2.64 bits per heavy atom. The van der Waals surface area contributed by atoms with Gasteiger partial charge < -0.3 is 4.53 Å². The van der Waals surface area contributed by atoms with Crippen LogP contribution < -0.4 is 0 Å². The molecule has 80 valence electrons. The summed E-state index contributed by atoms with van der Waals surface area (Å²) < 4.78 is 5.73. The molecule has 4 nitrogen and oxygen atoms in total. The average Bonchev–Trinajstić information content (AvgIpc) is 2.44. The van der Waals surface area contributed by atoms with Crippen LogP contribution in [0.15, 0.2) is 0 Å². The predicted octanol–water partition coefficient (Wildman–Crippen LogP) is 2.06. The number of nitriles is 1. The Kier molecular flexibility index (Phi) is 3.67. The van der Waals surface area contributed by atoms with Crippen molar-refractivity contribution in [1.82, 2.24) is 5.23 Å². The van der Waals surface area contributed by atoms with Crippen LogP contribution in [-0.2, 0) is 9.36 Å². The summed E-state index contributed by atoms with van der Waals surface area (Å²) in [5.41, 5.74) is 0. The molecule has 1 aliphatic rings. The summed E-state index contributed by atoms with van der Waals surface area (Å²) >= 11 is 0. The van der Waals surface area contributed by atoms with Gasteiger partial charge in [-0.25, -0.2) is 0 Å². The standard InChI is InChI=1S/C9H18N2O2Si/c1-5-8-6-9(7-10)12-11(8)13-14(2,3)4/h8-9H,5-6H2,1-4H3. The SMILES string of the molecule is CCC1CC(C#N)ON1O[Si](C)(C)C. The van der Waals surface area contributed by atoms with E-state index in [9.17, 15) is 0 Å². The maximum atomic E-state index is 8.75. The van der Waals surface area contributed by atoms with Crippen molar-refractivity contribution in [2.45, 2.75) is 51.6 Å². The third kappa shape index (κ3) is 3.06. The molecule has 0 aromatic rings. The summed E-state index contributed by atoms with van der Waals surface area (Å²) in [6.45, 7) is 8.38. The molecule has 0 amide bonds. The Morgan fingerprint density at radius 1 is 1.57 bits per heavy atom. The van der Waals surface area contributed by atoms with Crippen molar-refractivity contribution < 1.29 is 9.36 Å². The highest BCUT2D eigenvalue weighted by molar-refractivity contribution is 6.69. The van der Waals surface area contributed by atoms with Gasteiger partial charge in [0, 0.05) is 6.42 Å². The summed E-state index contributed by atoms with van der Waals surface area (Å²) in [5.74, 6) is 0. The Morgan fingerprint density at radius 2 is 2.21 bits per heavy atom. The molecule has 0 aromatic heterocycles. The van der Waals surface area contributed by atoms with Crippen LogP contribution in [0, 0.1) is 11.3 Å². The van der Waals surface area contributed by atoms with E-state index < -0.39 is 8.32 Å². The summed E-state index contributed by atoms with van der Waals surface area (Å²) in [4.78, 5) is 5.37. The second-order valence-corrected chi connectivity index (χ2v) is 8.92. The van der Waals surface area contributed by atoms with Crippen LogP contribution in [-0.4, -0.2) is 25.7 Å². The topological polar surface area (TPSA) is 45.5 Å². The largest absolute Gasteiger partial charge is 0.321 e. The third-order valence-corrected chi connectivity index (χ3v) is 2.72. The molecule has 0 aliphatic carbocycles. The molecule has 1 saturated heterocycles. The molecule has 2 atom stereocenters. The van der Waals surface area contributed by atoms with E-state index >= 15 is 0 Å². The molecule has 0 aromatic carbocycles. The van der Waals surface area contributed by atoms with E-state index in [0.717, 1.165) is 12.8 Å². The third-order valence-electron chi connectivity index (χ3n) is 1.99. The van der Waals surface area contributed by atoms with Gasteiger partial charge in [0.25, 0.3) is 0 Å². The summed E-state index contributed by atoms with van der Waals surface area (Å²) in [6.07, 6.45) is 1.36. The second kappa shape index (κ2) is 4.40. The fourth-order valence-corrected chi connectivity index (χ4v) is 2.08. The minimum absolute atomic E-state index is 0.228. The van der Waals surface area contributed by atoms with Gasteiger partial charge >= 0.3 is 0 Å². The summed E-state index contributed by atoms with van der Waals surface area (Å²) in [6, 6.07) is 2.34. The summed E-state index contributed by atoms with van der Waals surface area (Å²) in [7, 11) is -1.63. The van der Waals surface area contributed by atoms with Gasteiger partial charge in [0.1, 0.15) is 0 Å². The Balaban J connectivity index is 2.56. The van der Waals surface area contributed by atoms with Crippen molar-refractivity contribution in [3.05, 3.63) is 0 Å². The van der Waals surface area contributed by atoms with Gasteiger partial charge in [0.05, 0.1) is 12.1 Å². The monoisotopic (exact) mass is 214 g/mol. The molecule has 0 saturated carbocycles. The lowest BCUT2D eigenvalue weighted by Crippen LogP contribution is -2.39. The highest BCUT2D eigenvalue weighted by Crippen LogP contribution is 2.25. The molecular weight excluding hydrogens is 196 g/mol. The molecule has 0 bridgehead atoms. The zero-order chi connectivity index (χ0) is 10.8. The quantitative estimate of drug-likeness (QED) is 0.675. The molecule has 1 heterocycles. The van der Waals surface area contributed by atoms with Crippen molar-refractivity contribution in [2.75, 3.05) is 0 Å². The molecule has 1 aliphatic heterocycles. The van der Waals surface area contributed by atoms with Crippen molar-refractivity contribution >= 4 is 8.32 Å². The van der Waals surface area contributed by atoms with Gasteiger partial charge in [-0.2, -0.15) is 5.26 Å². The Bertz CT molecular complexity index is 234. The molecule has 0 spiro atoms. The first-order valence-corrected chi connectivity index (χ1v) is 8.42. The maximum absolute atomic E-state index is 8.75. The van der Waals surface area contributed by atoms with E-state index in [0.29, 0.717) is 0 Å². The van der Waals surface area contributed by atoms with Crippen LogP contribution >= 0.6 is 0 Å². The highest BCUT2D eigenvalue weighted by Gasteiger charge is 2.36. The lowest BCUT2D eigenvalue weighted by atomic mass is 10.1. The summed E-state index contributed by atoms with van der Waals surface area (Å²) in [5, 5.41) is 10.3. The van der Waals surface area contributed by atoms with Gasteiger partial charge in [0.2, 0.25) is 8.32 Å². The smallest absolute Gasteiger partial charge is 0.215 e. The molecule has 1 fully saturated rings. The van der Waals surface area contributed by atoms with Crippen LogP contribution in [0.2, 0.25) is 19.6 Å². The van der Waals surface area contributed by atoms with E-state index in [-0.39, 0.29) is 12.1 Å². The van der Waals surface area contributed by atoms with Crippen molar-refractivity contribution in [3.8, 4) is 6.07 Å². The molecule has 1 rings (SSSR count). The molecular formula is C9H18N2O2Si. The van der Waals surface area contributed by atoms with E-state index in [1.54, 1.807) is 5.23 Å². The maximum Gasteiger partial charge on any atom is 0.215 e. The molecule has 2 unspecified atom stereocenters. The Labute approximate surface area is 86.4 Å². The van der Waals surface area contributed by atoms with Crippen LogP contribution in [0.5, 0.6) is 0 Å². The molecule has 5 heteroatoms. The zero-order valence-electron chi connectivity index (χ0n) is 9.28. The predicted molar refractivity (Wildman–Crippen MR) is 55.5 cm³/mol. The second-order valence-electron chi connectivity index (χ2n) is 4.51.